The number of hydrogen-bond acceptors (Lipinski definition) is 5. The first-order chi connectivity index (χ1) is 7.68. The van der Waals surface area contributed by atoms with Crippen molar-refractivity contribution in [2.45, 2.75) is 50.4 Å². The number of aliphatic hydroxyl groups excluding tert-OH is 1. The number of hydrogen-bond donors (Lipinski definition) is 1. The molecule has 16 heavy (non-hydrogen) atoms. The van der Waals surface area contributed by atoms with Gasteiger partial charge in [-0.15, -0.1) is 0 Å². The first-order valence-electron chi connectivity index (χ1n) is 5.81. The predicted octanol–water partition coefficient (Wildman–Crippen LogP) is 2.51. The molecule has 0 bridgehead atoms. The molecule has 1 aromatic rings. The van der Waals surface area contributed by atoms with Gasteiger partial charge in [-0.25, -0.2) is 0 Å². The van der Waals surface area contributed by atoms with Gasteiger partial charge in [0, 0.05) is 0 Å². The third-order valence-corrected chi connectivity index (χ3v) is 4.41. The van der Waals surface area contributed by atoms with Crippen LogP contribution in [0, 0.1) is 0 Å². The maximum atomic E-state index is 9.46. The minimum absolute atomic E-state index is 0.0881. The monoisotopic (exact) mass is 242 g/mol. The van der Waals surface area contributed by atoms with Crippen molar-refractivity contribution in [1.29, 1.82) is 0 Å². The van der Waals surface area contributed by atoms with Crippen molar-refractivity contribution < 1.29 is 9.63 Å². The fourth-order valence-electron chi connectivity index (χ4n) is 1.71. The SMILES string of the molecule is CC(O)C(C)c1nc(C2CCCCS2)no1. The normalized spacial score (nSPS) is 25.3. The van der Waals surface area contributed by atoms with Crippen LogP contribution in [-0.4, -0.2) is 27.1 Å². The van der Waals surface area contributed by atoms with E-state index in [1.807, 2.05) is 18.7 Å². The molecule has 0 aliphatic carbocycles. The molecule has 1 fully saturated rings. The third kappa shape index (κ3) is 2.58. The van der Waals surface area contributed by atoms with Crippen molar-refractivity contribution in [3.8, 4) is 0 Å². The van der Waals surface area contributed by atoms with E-state index in [2.05, 4.69) is 10.1 Å². The molecule has 0 amide bonds. The van der Waals surface area contributed by atoms with Gasteiger partial charge in [-0.2, -0.15) is 16.7 Å². The highest BCUT2D eigenvalue weighted by atomic mass is 32.2. The molecule has 3 unspecified atom stereocenters. The Hall–Kier alpha value is -0.550. The Labute approximate surface area is 99.8 Å². The largest absolute Gasteiger partial charge is 0.393 e. The molecule has 1 saturated heterocycles. The van der Waals surface area contributed by atoms with Crippen molar-refractivity contribution in [3.63, 3.8) is 0 Å². The van der Waals surface area contributed by atoms with E-state index in [9.17, 15) is 5.11 Å². The van der Waals surface area contributed by atoms with Gasteiger partial charge in [-0.1, -0.05) is 18.5 Å². The van der Waals surface area contributed by atoms with Crippen molar-refractivity contribution in [3.05, 3.63) is 11.7 Å². The molecule has 0 radical (unpaired) electrons. The molecule has 2 heterocycles. The van der Waals surface area contributed by atoms with Gasteiger partial charge in [0.1, 0.15) is 0 Å². The van der Waals surface area contributed by atoms with Crippen LogP contribution in [0.2, 0.25) is 0 Å². The summed E-state index contributed by atoms with van der Waals surface area (Å²) in [4.78, 5) is 4.40. The zero-order valence-corrected chi connectivity index (χ0v) is 10.5. The van der Waals surface area contributed by atoms with Gasteiger partial charge in [-0.05, 0) is 25.5 Å². The van der Waals surface area contributed by atoms with E-state index in [-0.39, 0.29) is 5.92 Å². The van der Waals surface area contributed by atoms with Crippen LogP contribution in [-0.2, 0) is 0 Å². The van der Waals surface area contributed by atoms with E-state index in [1.165, 1.54) is 18.6 Å². The zero-order valence-electron chi connectivity index (χ0n) is 9.72. The number of rotatable bonds is 3. The van der Waals surface area contributed by atoms with E-state index >= 15 is 0 Å². The maximum Gasteiger partial charge on any atom is 0.232 e. The molecule has 0 spiro atoms. The van der Waals surface area contributed by atoms with Gasteiger partial charge in [0.2, 0.25) is 5.89 Å². The van der Waals surface area contributed by atoms with E-state index in [1.54, 1.807) is 6.92 Å². The molecular weight excluding hydrogens is 224 g/mol. The number of aromatic nitrogens is 2. The van der Waals surface area contributed by atoms with Crippen LogP contribution in [0.25, 0.3) is 0 Å². The highest BCUT2D eigenvalue weighted by Crippen LogP contribution is 2.37. The van der Waals surface area contributed by atoms with Gasteiger partial charge in [0.05, 0.1) is 17.3 Å². The molecular formula is C11H18N2O2S. The third-order valence-electron chi connectivity index (χ3n) is 3.04. The molecule has 1 aliphatic heterocycles. The van der Waals surface area contributed by atoms with Gasteiger partial charge in [0.15, 0.2) is 5.82 Å². The summed E-state index contributed by atoms with van der Waals surface area (Å²) in [5.41, 5.74) is 0. The summed E-state index contributed by atoms with van der Waals surface area (Å²) in [6.45, 7) is 3.64. The molecule has 0 aromatic carbocycles. The lowest BCUT2D eigenvalue weighted by atomic mass is 10.1. The lowest BCUT2D eigenvalue weighted by molar-refractivity contribution is 0.151. The van der Waals surface area contributed by atoms with Gasteiger partial charge in [0.25, 0.3) is 0 Å². The quantitative estimate of drug-likeness (QED) is 0.882. The molecule has 5 heteroatoms. The molecule has 3 atom stereocenters. The summed E-state index contributed by atoms with van der Waals surface area (Å²) in [7, 11) is 0. The smallest absolute Gasteiger partial charge is 0.232 e. The molecule has 0 saturated carbocycles. The standard InChI is InChI=1S/C11H18N2O2S/c1-7(8(2)14)11-12-10(13-15-11)9-5-3-4-6-16-9/h7-9,14H,3-6H2,1-2H3. The van der Waals surface area contributed by atoms with E-state index < -0.39 is 6.10 Å². The zero-order chi connectivity index (χ0) is 11.5. The second-order valence-corrected chi connectivity index (χ2v) is 5.69. The minimum Gasteiger partial charge on any atom is -0.393 e. The minimum atomic E-state index is -0.452. The summed E-state index contributed by atoms with van der Waals surface area (Å²) in [6, 6.07) is 0. The molecule has 4 nitrogen and oxygen atoms in total. The summed E-state index contributed by atoms with van der Waals surface area (Å²) in [5, 5.41) is 13.9. The second-order valence-electron chi connectivity index (χ2n) is 4.38. The predicted molar refractivity (Wildman–Crippen MR) is 63.4 cm³/mol. The average molecular weight is 242 g/mol. The van der Waals surface area contributed by atoms with E-state index in [0.29, 0.717) is 11.1 Å². The molecule has 90 valence electrons. The fourth-order valence-corrected chi connectivity index (χ4v) is 2.95. The first-order valence-corrected chi connectivity index (χ1v) is 6.86. The number of thioether (sulfide) groups is 1. The van der Waals surface area contributed by atoms with Crippen LogP contribution < -0.4 is 0 Å². The van der Waals surface area contributed by atoms with Crippen molar-refractivity contribution in [2.75, 3.05) is 5.75 Å². The van der Waals surface area contributed by atoms with Crippen LogP contribution in [0.4, 0.5) is 0 Å². The second kappa shape index (κ2) is 5.19. The van der Waals surface area contributed by atoms with Crippen LogP contribution in [0.1, 0.15) is 56.0 Å². The van der Waals surface area contributed by atoms with E-state index in [4.69, 9.17) is 4.52 Å². The first kappa shape index (κ1) is 11.9. The molecule has 1 aliphatic rings. The van der Waals surface area contributed by atoms with Gasteiger partial charge >= 0.3 is 0 Å². The van der Waals surface area contributed by atoms with Crippen molar-refractivity contribution in [2.24, 2.45) is 0 Å². The Morgan fingerprint density at radius 3 is 2.88 bits per heavy atom. The Morgan fingerprint density at radius 1 is 1.44 bits per heavy atom. The van der Waals surface area contributed by atoms with Crippen LogP contribution >= 0.6 is 11.8 Å². The Morgan fingerprint density at radius 2 is 2.25 bits per heavy atom. The highest BCUT2D eigenvalue weighted by molar-refractivity contribution is 7.99. The maximum absolute atomic E-state index is 9.46. The van der Waals surface area contributed by atoms with Gasteiger partial charge < -0.3 is 9.63 Å². The summed E-state index contributed by atoms with van der Waals surface area (Å²) in [5.74, 6) is 2.44. The van der Waals surface area contributed by atoms with Crippen LogP contribution in [0.15, 0.2) is 4.52 Å². The molecule has 1 N–H and O–H groups in total. The summed E-state index contributed by atoms with van der Waals surface area (Å²) < 4.78 is 5.21. The van der Waals surface area contributed by atoms with Crippen LogP contribution in [0.5, 0.6) is 0 Å². The lowest BCUT2D eigenvalue weighted by Crippen LogP contribution is -2.11. The van der Waals surface area contributed by atoms with Crippen molar-refractivity contribution >= 4 is 11.8 Å². The lowest BCUT2D eigenvalue weighted by Gasteiger charge is -2.17. The van der Waals surface area contributed by atoms with E-state index in [0.717, 1.165) is 12.2 Å². The van der Waals surface area contributed by atoms with Crippen LogP contribution in [0.3, 0.4) is 0 Å². The van der Waals surface area contributed by atoms with Crippen molar-refractivity contribution in [1.82, 2.24) is 10.1 Å². The molecule has 1 aromatic heterocycles. The fraction of sp³-hybridized carbons (Fsp3) is 0.818. The molecule has 2 rings (SSSR count). The number of nitrogens with zero attached hydrogens (tertiary/aromatic N) is 2. The topological polar surface area (TPSA) is 59.2 Å². The summed E-state index contributed by atoms with van der Waals surface area (Å²) in [6.07, 6.45) is 3.21. The highest BCUT2D eigenvalue weighted by Gasteiger charge is 2.24. The Balaban J connectivity index is 2.06. The number of aliphatic hydroxyl groups is 1. The Bertz CT molecular complexity index is 334. The Kier molecular flexibility index (Phi) is 3.86. The summed E-state index contributed by atoms with van der Waals surface area (Å²) >= 11 is 1.90. The van der Waals surface area contributed by atoms with Gasteiger partial charge in [-0.3, -0.25) is 0 Å². The average Bonchev–Trinajstić information content (AvgIpc) is 2.78.